The van der Waals surface area contributed by atoms with Crippen LogP contribution in [0.1, 0.15) is 12.6 Å². The average molecular weight is 225 g/mol. The molecule has 0 saturated carbocycles. The van der Waals surface area contributed by atoms with Gasteiger partial charge in [0.05, 0.1) is 6.61 Å². The van der Waals surface area contributed by atoms with E-state index in [0.717, 1.165) is 0 Å². The fourth-order valence-corrected chi connectivity index (χ4v) is 1.15. The molecule has 0 saturated heterocycles. The highest BCUT2D eigenvalue weighted by Crippen LogP contribution is 2.09. The Labute approximate surface area is 93.7 Å². The molecule has 0 aliphatic heterocycles. The molecule has 88 valence electrons. The quantitative estimate of drug-likeness (QED) is 0.331. The van der Waals surface area contributed by atoms with E-state index in [1.807, 2.05) is 6.92 Å². The third-order valence-corrected chi connectivity index (χ3v) is 1.82. The molecule has 0 spiro atoms. The average Bonchev–Trinajstić information content (AvgIpc) is 2.28. The molecular weight excluding hydrogens is 210 g/mol. The largest absolute Gasteiger partial charge is 0.472 e. The number of nitrogens with two attached hydrogens (primary N) is 1. The van der Waals surface area contributed by atoms with Crippen molar-refractivity contribution in [3.63, 3.8) is 0 Å². The van der Waals surface area contributed by atoms with Gasteiger partial charge in [-0.3, -0.25) is 0 Å². The minimum Gasteiger partial charge on any atom is -0.472 e. The van der Waals surface area contributed by atoms with Gasteiger partial charge >= 0.3 is 0 Å². The number of nitrogens with zero attached hydrogens (tertiary/aromatic N) is 2. The second kappa shape index (κ2) is 5.92. The molecule has 3 N–H and O–H groups in total. The van der Waals surface area contributed by atoms with Crippen molar-refractivity contribution in [1.29, 1.82) is 0 Å². The lowest BCUT2D eigenvalue weighted by molar-refractivity contribution is 0.0889. The molecule has 0 aliphatic carbocycles. The molecule has 0 aliphatic rings. The first-order valence-electron chi connectivity index (χ1n) is 4.78. The third kappa shape index (κ3) is 3.39. The Balaban J connectivity index is 2.75. The fraction of sp³-hybridized carbons (Fsp3) is 0.400. The van der Waals surface area contributed by atoms with Crippen LogP contribution in [0.4, 0.5) is 0 Å². The maximum Gasteiger partial charge on any atom is 0.214 e. The van der Waals surface area contributed by atoms with E-state index in [0.29, 0.717) is 18.2 Å². The topological polar surface area (TPSA) is 90.0 Å². The SMILES string of the molecule is COCC(C)Oc1cccc(C(N)=NO)n1. The van der Waals surface area contributed by atoms with Crippen molar-refractivity contribution in [2.45, 2.75) is 13.0 Å². The summed E-state index contributed by atoms with van der Waals surface area (Å²) in [6.45, 7) is 2.33. The van der Waals surface area contributed by atoms with Crippen LogP contribution in [0.5, 0.6) is 5.88 Å². The molecule has 0 radical (unpaired) electrons. The van der Waals surface area contributed by atoms with Crippen LogP contribution in [0.3, 0.4) is 0 Å². The van der Waals surface area contributed by atoms with Crippen LogP contribution >= 0.6 is 0 Å². The summed E-state index contributed by atoms with van der Waals surface area (Å²) in [5.74, 6) is 0.360. The zero-order chi connectivity index (χ0) is 12.0. The van der Waals surface area contributed by atoms with Gasteiger partial charge in [-0.15, -0.1) is 0 Å². The number of hydrogen-bond donors (Lipinski definition) is 2. The number of aromatic nitrogens is 1. The molecule has 0 aromatic carbocycles. The van der Waals surface area contributed by atoms with Gasteiger partial charge in [0.15, 0.2) is 5.84 Å². The number of amidine groups is 1. The molecule has 0 bridgehead atoms. The molecule has 16 heavy (non-hydrogen) atoms. The first-order valence-corrected chi connectivity index (χ1v) is 4.78. The van der Waals surface area contributed by atoms with Crippen molar-refractivity contribution in [3.05, 3.63) is 23.9 Å². The van der Waals surface area contributed by atoms with Crippen molar-refractivity contribution >= 4 is 5.84 Å². The molecule has 1 atom stereocenters. The predicted octanol–water partition coefficient (Wildman–Crippen LogP) is 0.590. The number of ether oxygens (including phenoxy) is 2. The van der Waals surface area contributed by atoms with Gasteiger partial charge in [0.1, 0.15) is 11.8 Å². The summed E-state index contributed by atoms with van der Waals surface area (Å²) < 4.78 is 10.4. The van der Waals surface area contributed by atoms with Crippen LogP contribution < -0.4 is 10.5 Å². The van der Waals surface area contributed by atoms with Gasteiger partial charge < -0.3 is 20.4 Å². The summed E-state index contributed by atoms with van der Waals surface area (Å²) >= 11 is 0. The van der Waals surface area contributed by atoms with Gasteiger partial charge in [-0.2, -0.15) is 0 Å². The van der Waals surface area contributed by atoms with Gasteiger partial charge in [-0.05, 0) is 13.0 Å². The Morgan fingerprint density at radius 3 is 3.00 bits per heavy atom. The number of hydrogen-bond acceptors (Lipinski definition) is 5. The summed E-state index contributed by atoms with van der Waals surface area (Å²) in [6.07, 6.45) is -0.111. The van der Waals surface area contributed by atoms with E-state index in [1.165, 1.54) is 0 Å². The first-order chi connectivity index (χ1) is 7.67. The molecule has 6 nitrogen and oxygen atoms in total. The van der Waals surface area contributed by atoms with E-state index in [-0.39, 0.29) is 11.9 Å². The van der Waals surface area contributed by atoms with Crippen LogP contribution in [-0.4, -0.2) is 35.8 Å². The lowest BCUT2D eigenvalue weighted by Gasteiger charge is -2.12. The molecule has 1 aromatic heterocycles. The molecule has 1 rings (SSSR count). The number of oxime groups is 1. The molecule has 1 aromatic rings. The van der Waals surface area contributed by atoms with E-state index in [4.69, 9.17) is 20.4 Å². The van der Waals surface area contributed by atoms with E-state index >= 15 is 0 Å². The fourth-order valence-electron chi connectivity index (χ4n) is 1.15. The van der Waals surface area contributed by atoms with E-state index in [2.05, 4.69) is 10.1 Å². The Kier molecular flexibility index (Phi) is 4.53. The van der Waals surface area contributed by atoms with Crippen molar-refractivity contribution < 1.29 is 14.7 Å². The number of pyridine rings is 1. The molecule has 0 fully saturated rings. The summed E-state index contributed by atoms with van der Waals surface area (Å²) in [5.41, 5.74) is 5.78. The Hall–Kier alpha value is -1.82. The smallest absolute Gasteiger partial charge is 0.214 e. The zero-order valence-electron chi connectivity index (χ0n) is 9.25. The summed E-state index contributed by atoms with van der Waals surface area (Å²) in [6, 6.07) is 5.04. The van der Waals surface area contributed by atoms with Crippen LogP contribution in [0.2, 0.25) is 0 Å². The van der Waals surface area contributed by atoms with Crippen molar-refractivity contribution in [2.24, 2.45) is 10.9 Å². The molecule has 1 unspecified atom stereocenters. The van der Waals surface area contributed by atoms with Crippen LogP contribution in [0, 0.1) is 0 Å². The third-order valence-electron chi connectivity index (χ3n) is 1.82. The van der Waals surface area contributed by atoms with Crippen LogP contribution in [-0.2, 0) is 4.74 Å². The molecular formula is C10H15N3O3. The summed E-state index contributed by atoms with van der Waals surface area (Å²) in [4.78, 5) is 4.07. The van der Waals surface area contributed by atoms with Gasteiger partial charge in [0.2, 0.25) is 5.88 Å². The van der Waals surface area contributed by atoms with Crippen LogP contribution in [0.25, 0.3) is 0 Å². The van der Waals surface area contributed by atoms with Crippen LogP contribution in [0.15, 0.2) is 23.4 Å². The lowest BCUT2D eigenvalue weighted by atomic mass is 10.3. The predicted molar refractivity (Wildman–Crippen MR) is 58.7 cm³/mol. The van der Waals surface area contributed by atoms with Crippen molar-refractivity contribution in [1.82, 2.24) is 4.98 Å². The van der Waals surface area contributed by atoms with E-state index in [1.54, 1.807) is 25.3 Å². The maximum absolute atomic E-state index is 8.51. The highest BCUT2D eigenvalue weighted by molar-refractivity contribution is 5.95. The van der Waals surface area contributed by atoms with E-state index in [9.17, 15) is 0 Å². The zero-order valence-corrected chi connectivity index (χ0v) is 9.25. The number of rotatable bonds is 5. The highest BCUT2D eigenvalue weighted by Gasteiger charge is 2.06. The first kappa shape index (κ1) is 12.3. The summed E-state index contributed by atoms with van der Waals surface area (Å²) in [7, 11) is 1.60. The van der Waals surface area contributed by atoms with Gasteiger partial charge in [0.25, 0.3) is 0 Å². The Morgan fingerprint density at radius 2 is 2.38 bits per heavy atom. The second-order valence-electron chi connectivity index (χ2n) is 3.23. The Bertz CT molecular complexity index is 368. The van der Waals surface area contributed by atoms with Crippen molar-refractivity contribution in [3.8, 4) is 5.88 Å². The molecule has 6 heteroatoms. The Morgan fingerprint density at radius 1 is 1.62 bits per heavy atom. The molecule has 0 amide bonds. The lowest BCUT2D eigenvalue weighted by Crippen LogP contribution is -2.20. The summed E-state index contributed by atoms with van der Waals surface area (Å²) in [5, 5.41) is 11.4. The van der Waals surface area contributed by atoms with Crippen molar-refractivity contribution in [2.75, 3.05) is 13.7 Å². The maximum atomic E-state index is 8.51. The monoisotopic (exact) mass is 225 g/mol. The number of methoxy groups -OCH3 is 1. The minimum atomic E-state index is -0.111. The van der Waals surface area contributed by atoms with Gasteiger partial charge in [-0.1, -0.05) is 11.2 Å². The standard InChI is InChI=1S/C10H15N3O3/c1-7(6-15-2)16-9-5-3-4-8(12-9)10(11)13-14/h3-5,7,14H,6H2,1-2H3,(H2,11,13). The normalized spacial score (nSPS) is 13.5. The van der Waals surface area contributed by atoms with E-state index < -0.39 is 0 Å². The highest BCUT2D eigenvalue weighted by atomic mass is 16.5. The molecule has 1 heterocycles. The second-order valence-corrected chi connectivity index (χ2v) is 3.23. The minimum absolute atomic E-state index is 0.0511. The van der Waals surface area contributed by atoms with Gasteiger partial charge in [0, 0.05) is 13.2 Å². The van der Waals surface area contributed by atoms with Gasteiger partial charge in [-0.25, -0.2) is 4.98 Å².